The fraction of sp³-hybridized carbons (Fsp3) is 0.471. The van der Waals surface area contributed by atoms with Crippen LogP contribution in [0.4, 0.5) is 0 Å². The van der Waals surface area contributed by atoms with Crippen LogP contribution in [0, 0.1) is 5.92 Å². The highest BCUT2D eigenvalue weighted by Gasteiger charge is 2.29. The van der Waals surface area contributed by atoms with Gasteiger partial charge in [-0.25, -0.2) is 4.79 Å². The second-order valence-electron chi connectivity index (χ2n) is 5.19. The van der Waals surface area contributed by atoms with Gasteiger partial charge in [-0.15, -0.1) is 0 Å². The summed E-state index contributed by atoms with van der Waals surface area (Å²) in [6.45, 7) is 7.82. The molecule has 2 aliphatic carbocycles. The van der Waals surface area contributed by atoms with Gasteiger partial charge in [0.2, 0.25) is 0 Å². The maximum atomic E-state index is 12.0. The molecule has 2 nitrogen and oxygen atoms in total. The highest BCUT2D eigenvalue weighted by atomic mass is 16.5. The molecular weight excluding hydrogens is 236 g/mol. The summed E-state index contributed by atoms with van der Waals surface area (Å²) in [4.78, 5) is 12.0. The third-order valence-corrected chi connectivity index (χ3v) is 3.84. The average Bonchev–Trinajstić information content (AvgIpc) is 3.09. The van der Waals surface area contributed by atoms with Gasteiger partial charge in [-0.1, -0.05) is 42.5 Å². The number of ether oxygens (including phenoxy) is 1. The Morgan fingerprint density at radius 2 is 1.84 bits per heavy atom. The van der Waals surface area contributed by atoms with Crippen molar-refractivity contribution in [2.45, 2.75) is 38.5 Å². The molecule has 19 heavy (non-hydrogen) atoms. The topological polar surface area (TPSA) is 26.3 Å². The van der Waals surface area contributed by atoms with E-state index in [9.17, 15) is 4.79 Å². The van der Waals surface area contributed by atoms with Crippen molar-refractivity contribution in [1.29, 1.82) is 0 Å². The van der Waals surface area contributed by atoms with Gasteiger partial charge in [-0.3, -0.25) is 0 Å². The molecule has 0 bridgehead atoms. The van der Waals surface area contributed by atoms with E-state index < -0.39 is 0 Å². The van der Waals surface area contributed by atoms with Gasteiger partial charge in [0.05, 0.1) is 0 Å². The normalized spacial score (nSPS) is 18.2. The number of hydrogen-bond acceptors (Lipinski definition) is 2. The lowest BCUT2D eigenvalue weighted by atomic mass is 9.84. The van der Waals surface area contributed by atoms with E-state index in [1.165, 1.54) is 24.0 Å². The third kappa shape index (κ3) is 3.25. The van der Waals surface area contributed by atoms with Gasteiger partial charge >= 0.3 is 5.97 Å². The van der Waals surface area contributed by atoms with Crippen molar-refractivity contribution in [2.24, 2.45) is 5.92 Å². The fourth-order valence-corrected chi connectivity index (χ4v) is 2.95. The lowest BCUT2D eigenvalue weighted by molar-refractivity contribution is -0.138. The maximum Gasteiger partial charge on any atom is 0.334 e. The van der Waals surface area contributed by atoms with Crippen molar-refractivity contribution in [3.05, 3.63) is 48.1 Å². The van der Waals surface area contributed by atoms with Crippen LogP contribution in [-0.2, 0) is 9.53 Å². The van der Waals surface area contributed by atoms with Crippen molar-refractivity contribution < 1.29 is 9.53 Å². The number of rotatable bonds is 6. The van der Waals surface area contributed by atoms with Crippen molar-refractivity contribution >= 4 is 5.97 Å². The van der Waals surface area contributed by atoms with E-state index in [0.717, 1.165) is 25.7 Å². The highest BCUT2D eigenvalue weighted by molar-refractivity contribution is 5.90. The monoisotopic (exact) mass is 258 g/mol. The van der Waals surface area contributed by atoms with Gasteiger partial charge in [0.1, 0.15) is 6.61 Å². The first-order chi connectivity index (χ1) is 9.24. The molecule has 2 aliphatic rings. The zero-order chi connectivity index (χ0) is 13.7. The number of allylic oxidation sites excluding steroid dienone is 4. The Labute approximate surface area is 115 Å². The van der Waals surface area contributed by atoms with Gasteiger partial charge in [-0.05, 0) is 38.5 Å². The zero-order valence-corrected chi connectivity index (χ0v) is 11.5. The molecule has 0 saturated heterocycles. The van der Waals surface area contributed by atoms with E-state index in [4.69, 9.17) is 4.74 Å². The first kappa shape index (κ1) is 13.9. The van der Waals surface area contributed by atoms with Crippen LogP contribution >= 0.6 is 0 Å². The van der Waals surface area contributed by atoms with Crippen molar-refractivity contribution in [3.8, 4) is 0 Å². The summed E-state index contributed by atoms with van der Waals surface area (Å²) in [6, 6.07) is 0. The van der Waals surface area contributed by atoms with Gasteiger partial charge < -0.3 is 4.74 Å². The minimum atomic E-state index is -0.287. The SMILES string of the molecule is C=CCOC(=O)C(=C)C(C1=CCCC1)C1=CCCC1. The molecule has 0 heterocycles. The smallest absolute Gasteiger partial charge is 0.334 e. The number of carbonyl (C=O) groups is 1. The van der Waals surface area contributed by atoms with Crippen LogP contribution in [0.15, 0.2) is 48.1 Å². The summed E-state index contributed by atoms with van der Waals surface area (Å²) in [7, 11) is 0. The summed E-state index contributed by atoms with van der Waals surface area (Å²) in [6.07, 6.45) is 12.9. The number of hydrogen-bond donors (Lipinski definition) is 0. The first-order valence-corrected chi connectivity index (χ1v) is 7.08. The second-order valence-corrected chi connectivity index (χ2v) is 5.19. The maximum absolute atomic E-state index is 12.0. The second kappa shape index (κ2) is 6.55. The first-order valence-electron chi connectivity index (χ1n) is 7.08. The number of esters is 1. The van der Waals surface area contributed by atoms with E-state index in [1.807, 2.05) is 0 Å². The Hall–Kier alpha value is -1.57. The van der Waals surface area contributed by atoms with Crippen LogP contribution in [-0.4, -0.2) is 12.6 Å². The lowest BCUT2D eigenvalue weighted by Gasteiger charge is -2.21. The molecule has 2 rings (SSSR count). The summed E-state index contributed by atoms with van der Waals surface area (Å²) >= 11 is 0. The standard InChI is InChI=1S/C17H22O2/c1-3-12-19-17(18)13(2)16(14-8-4-5-9-14)15-10-6-7-11-15/h3,8,10,16H,1-2,4-7,9,11-12H2. The molecule has 0 amide bonds. The minimum absolute atomic E-state index is 0.0855. The molecule has 0 aromatic rings. The van der Waals surface area contributed by atoms with Crippen LogP contribution < -0.4 is 0 Å². The Bertz CT molecular complexity index is 416. The Morgan fingerprint density at radius 1 is 1.26 bits per heavy atom. The van der Waals surface area contributed by atoms with Crippen LogP contribution in [0.5, 0.6) is 0 Å². The quantitative estimate of drug-likeness (QED) is 0.407. The molecule has 0 unspecified atom stereocenters. The highest BCUT2D eigenvalue weighted by Crippen LogP contribution is 2.39. The van der Waals surface area contributed by atoms with Gasteiger partial charge in [0.15, 0.2) is 0 Å². The van der Waals surface area contributed by atoms with E-state index in [2.05, 4.69) is 25.3 Å². The van der Waals surface area contributed by atoms with Crippen LogP contribution in [0.3, 0.4) is 0 Å². The van der Waals surface area contributed by atoms with E-state index in [-0.39, 0.29) is 18.5 Å². The predicted octanol–water partition coefficient (Wildman–Crippen LogP) is 4.11. The van der Waals surface area contributed by atoms with Crippen molar-refractivity contribution in [3.63, 3.8) is 0 Å². The summed E-state index contributed by atoms with van der Waals surface area (Å²) < 4.78 is 5.14. The Balaban J connectivity index is 2.14. The number of carbonyl (C=O) groups excluding carboxylic acids is 1. The fourth-order valence-electron chi connectivity index (χ4n) is 2.95. The largest absolute Gasteiger partial charge is 0.458 e. The molecule has 0 atom stereocenters. The predicted molar refractivity (Wildman–Crippen MR) is 77.7 cm³/mol. The Morgan fingerprint density at radius 3 is 2.26 bits per heavy atom. The zero-order valence-electron chi connectivity index (χ0n) is 11.5. The summed E-state index contributed by atoms with van der Waals surface area (Å²) in [5.74, 6) is -0.201. The van der Waals surface area contributed by atoms with Crippen molar-refractivity contribution in [2.75, 3.05) is 6.61 Å². The summed E-state index contributed by atoms with van der Waals surface area (Å²) in [5, 5.41) is 0. The van der Waals surface area contributed by atoms with E-state index in [1.54, 1.807) is 6.08 Å². The minimum Gasteiger partial charge on any atom is -0.458 e. The molecule has 0 aliphatic heterocycles. The van der Waals surface area contributed by atoms with E-state index >= 15 is 0 Å². The van der Waals surface area contributed by atoms with Gasteiger partial charge in [-0.2, -0.15) is 0 Å². The average molecular weight is 258 g/mol. The molecule has 0 N–H and O–H groups in total. The van der Waals surface area contributed by atoms with Gasteiger partial charge in [0.25, 0.3) is 0 Å². The molecule has 0 saturated carbocycles. The molecule has 0 spiro atoms. The molecule has 0 fully saturated rings. The summed E-state index contributed by atoms with van der Waals surface area (Å²) in [5.41, 5.74) is 3.30. The van der Waals surface area contributed by atoms with Crippen molar-refractivity contribution in [1.82, 2.24) is 0 Å². The van der Waals surface area contributed by atoms with Crippen LogP contribution in [0.25, 0.3) is 0 Å². The molecule has 102 valence electrons. The lowest BCUT2D eigenvalue weighted by Crippen LogP contribution is -2.18. The molecule has 0 aromatic carbocycles. The molecule has 0 radical (unpaired) electrons. The molecule has 0 aromatic heterocycles. The van der Waals surface area contributed by atoms with Crippen LogP contribution in [0.1, 0.15) is 38.5 Å². The van der Waals surface area contributed by atoms with Crippen LogP contribution in [0.2, 0.25) is 0 Å². The van der Waals surface area contributed by atoms with E-state index in [0.29, 0.717) is 5.57 Å². The third-order valence-electron chi connectivity index (χ3n) is 3.84. The Kier molecular flexibility index (Phi) is 4.78. The van der Waals surface area contributed by atoms with Gasteiger partial charge in [0, 0.05) is 11.5 Å². The molecule has 2 heteroatoms. The molecular formula is C17H22O2.